The predicted molar refractivity (Wildman–Crippen MR) is 102 cm³/mol. The van der Waals surface area contributed by atoms with E-state index >= 15 is 0 Å². The van der Waals surface area contributed by atoms with E-state index in [4.69, 9.17) is 4.74 Å². The summed E-state index contributed by atoms with van der Waals surface area (Å²) in [6, 6.07) is 11.9. The van der Waals surface area contributed by atoms with Gasteiger partial charge in [-0.05, 0) is 56.1 Å². The number of hydroxylamine groups is 1. The van der Waals surface area contributed by atoms with Crippen molar-refractivity contribution in [3.05, 3.63) is 58.7 Å². The number of amides is 1. The summed E-state index contributed by atoms with van der Waals surface area (Å²) in [7, 11) is 0. The van der Waals surface area contributed by atoms with Gasteiger partial charge in [-0.3, -0.25) is 10.0 Å². The Hall–Kier alpha value is -1.98. The Labute approximate surface area is 152 Å². The van der Waals surface area contributed by atoms with Gasteiger partial charge in [-0.2, -0.15) is 5.06 Å². The third kappa shape index (κ3) is 3.99. The van der Waals surface area contributed by atoms with Gasteiger partial charge in [0.15, 0.2) is 0 Å². The zero-order chi connectivity index (χ0) is 18.0. The van der Waals surface area contributed by atoms with Gasteiger partial charge >= 0.3 is 5.24 Å². The maximum Gasteiger partial charge on any atom is 0.309 e. The maximum absolute atomic E-state index is 12.0. The molecule has 0 unspecified atom stereocenters. The second-order valence-electron chi connectivity index (χ2n) is 6.47. The molecule has 0 spiro atoms. The lowest BCUT2D eigenvalue weighted by molar-refractivity contribution is 0.223. The van der Waals surface area contributed by atoms with E-state index in [2.05, 4.69) is 6.07 Å². The second-order valence-corrected chi connectivity index (χ2v) is 7.23. The Bertz CT molecular complexity index is 787. The van der Waals surface area contributed by atoms with Crippen LogP contribution in [0.4, 0.5) is 10.5 Å². The van der Waals surface area contributed by atoms with Crippen molar-refractivity contribution in [3.63, 3.8) is 0 Å². The third-order valence-corrected chi connectivity index (χ3v) is 4.96. The van der Waals surface area contributed by atoms with Crippen molar-refractivity contribution in [2.24, 2.45) is 0 Å². The van der Waals surface area contributed by atoms with Crippen molar-refractivity contribution < 1.29 is 14.7 Å². The van der Waals surface area contributed by atoms with E-state index in [9.17, 15) is 10.0 Å². The lowest BCUT2D eigenvalue weighted by atomic mass is 10.0. The monoisotopic (exact) mass is 357 g/mol. The van der Waals surface area contributed by atoms with Crippen molar-refractivity contribution in [3.8, 4) is 5.75 Å². The molecule has 1 fully saturated rings. The molecule has 132 valence electrons. The molecule has 1 saturated carbocycles. The Morgan fingerprint density at radius 3 is 2.68 bits per heavy atom. The van der Waals surface area contributed by atoms with Crippen LogP contribution in [0.15, 0.2) is 36.4 Å². The first-order chi connectivity index (χ1) is 12.0. The van der Waals surface area contributed by atoms with E-state index in [1.165, 1.54) is 5.56 Å². The summed E-state index contributed by atoms with van der Waals surface area (Å²) in [5.41, 5.74) is 4.67. The number of benzene rings is 2. The summed E-state index contributed by atoms with van der Waals surface area (Å²) in [6.07, 6.45) is 3.85. The lowest BCUT2D eigenvalue weighted by Gasteiger charge is -2.21. The molecule has 1 aliphatic carbocycles. The molecule has 1 aliphatic rings. The number of rotatable bonds is 5. The van der Waals surface area contributed by atoms with Gasteiger partial charge in [0.2, 0.25) is 0 Å². The Morgan fingerprint density at radius 2 is 2.04 bits per heavy atom. The molecule has 2 aromatic carbocycles. The number of carbonyl (C=O) groups excluding carboxylic acids is 1. The van der Waals surface area contributed by atoms with Gasteiger partial charge in [-0.25, -0.2) is 0 Å². The number of anilines is 1. The quantitative estimate of drug-likeness (QED) is 0.572. The van der Waals surface area contributed by atoms with Gasteiger partial charge in [0, 0.05) is 5.56 Å². The number of ether oxygens (including phenoxy) is 1. The highest BCUT2D eigenvalue weighted by molar-refractivity contribution is 8.13. The SMILES string of the molecule is CSC(=O)N(O)c1c(COc2ccc(C)cc2C)cccc1C1CC1. The summed E-state index contributed by atoms with van der Waals surface area (Å²) in [5.74, 6) is 1.23. The standard InChI is InChI=1S/C20H23NO3S/c1-13-7-10-18(14(2)11-13)24-12-16-5-4-6-17(15-8-9-15)19(16)21(23)20(22)25-3/h4-7,10-11,15,23H,8-9,12H2,1-3H3. The minimum Gasteiger partial charge on any atom is -0.489 e. The normalized spacial score (nSPS) is 13.6. The van der Waals surface area contributed by atoms with Crippen molar-refractivity contribution in [1.82, 2.24) is 0 Å². The first-order valence-electron chi connectivity index (χ1n) is 8.40. The number of carbonyl (C=O) groups is 1. The Kier molecular flexibility index (Phi) is 5.35. The van der Waals surface area contributed by atoms with E-state index in [-0.39, 0.29) is 5.24 Å². The molecule has 1 N–H and O–H groups in total. The fraction of sp³-hybridized carbons (Fsp3) is 0.350. The smallest absolute Gasteiger partial charge is 0.309 e. The number of nitrogens with zero attached hydrogens (tertiary/aromatic N) is 1. The fourth-order valence-electron chi connectivity index (χ4n) is 3.00. The van der Waals surface area contributed by atoms with Gasteiger partial charge in [0.1, 0.15) is 12.4 Å². The van der Waals surface area contributed by atoms with Crippen molar-refractivity contribution in [1.29, 1.82) is 0 Å². The fourth-order valence-corrected chi connectivity index (χ4v) is 3.27. The van der Waals surface area contributed by atoms with Gasteiger partial charge in [0.25, 0.3) is 0 Å². The van der Waals surface area contributed by atoms with Crippen LogP contribution in [-0.2, 0) is 6.61 Å². The molecule has 3 rings (SSSR count). The minimum absolute atomic E-state index is 0.304. The molecule has 0 atom stereocenters. The molecule has 0 bridgehead atoms. The van der Waals surface area contributed by atoms with Crippen LogP contribution in [-0.4, -0.2) is 16.7 Å². The number of para-hydroxylation sites is 1. The highest BCUT2D eigenvalue weighted by Crippen LogP contribution is 2.45. The number of aryl methyl sites for hydroxylation is 2. The molecule has 4 nitrogen and oxygen atoms in total. The molecule has 0 aliphatic heterocycles. The van der Waals surface area contributed by atoms with Crippen LogP contribution in [0, 0.1) is 13.8 Å². The van der Waals surface area contributed by atoms with E-state index < -0.39 is 0 Å². The highest BCUT2D eigenvalue weighted by Gasteiger charge is 2.30. The largest absolute Gasteiger partial charge is 0.489 e. The van der Waals surface area contributed by atoms with Gasteiger partial charge in [-0.1, -0.05) is 47.7 Å². The molecule has 0 saturated heterocycles. The van der Waals surface area contributed by atoms with E-state index in [1.807, 2.05) is 44.2 Å². The maximum atomic E-state index is 12.0. The highest BCUT2D eigenvalue weighted by atomic mass is 32.2. The van der Waals surface area contributed by atoms with Crippen LogP contribution in [0.25, 0.3) is 0 Å². The van der Waals surface area contributed by atoms with Crippen LogP contribution in [0.2, 0.25) is 0 Å². The van der Waals surface area contributed by atoms with Gasteiger partial charge in [0.05, 0.1) is 5.69 Å². The van der Waals surface area contributed by atoms with Crippen LogP contribution in [0.1, 0.15) is 41.0 Å². The minimum atomic E-state index is -0.388. The number of hydrogen-bond donors (Lipinski definition) is 1. The summed E-state index contributed by atoms with van der Waals surface area (Å²) < 4.78 is 5.98. The zero-order valence-electron chi connectivity index (χ0n) is 14.8. The molecular weight excluding hydrogens is 334 g/mol. The van der Waals surface area contributed by atoms with Crippen molar-refractivity contribution >= 4 is 22.7 Å². The second kappa shape index (κ2) is 7.50. The molecule has 0 heterocycles. The van der Waals surface area contributed by atoms with E-state index in [0.29, 0.717) is 18.2 Å². The lowest BCUT2D eigenvalue weighted by Crippen LogP contribution is -2.25. The summed E-state index contributed by atoms with van der Waals surface area (Å²) in [5, 5.41) is 10.8. The Morgan fingerprint density at radius 1 is 1.28 bits per heavy atom. The molecular formula is C20H23NO3S. The molecule has 25 heavy (non-hydrogen) atoms. The predicted octanol–water partition coefficient (Wildman–Crippen LogP) is 5.44. The van der Waals surface area contributed by atoms with Crippen molar-refractivity contribution in [2.75, 3.05) is 11.3 Å². The van der Waals surface area contributed by atoms with Gasteiger partial charge in [-0.15, -0.1) is 0 Å². The zero-order valence-corrected chi connectivity index (χ0v) is 15.6. The van der Waals surface area contributed by atoms with E-state index in [0.717, 1.165) is 52.1 Å². The van der Waals surface area contributed by atoms with Crippen LogP contribution in [0.5, 0.6) is 5.75 Å². The first kappa shape index (κ1) is 17.8. The van der Waals surface area contributed by atoms with Crippen LogP contribution >= 0.6 is 11.8 Å². The van der Waals surface area contributed by atoms with Crippen LogP contribution in [0.3, 0.4) is 0 Å². The first-order valence-corrected chi connectivity index (χ1v) is 9.62. The van der Waals surface area contributed by atoms with E-state index in [1.54, 1.807) is 6.26 Å². The molecule has 1 amide bonds. The topological polar surface area (TPSA) is 49.8 Å². The Balaban J connectivity index is 1.89. The average Bonchev–Trinajstić information content (AvgIpc) is 3.44. The molecule has 5 heteroatoms. The number of hydrogen-bond acceptors (Lipinski definition) is 4. The van der Waals surface area contributed by atoms with Crippen molar-refractivity contribution in [2.45, 2.75) is 39.2 Å². The molecule has 0 aromatic heterocycles. The number of thioether (sulfide) groups is 1. The molecule has 0 radical (unpaired) electrons. The third-order valence-electron chi connectivity index (χ3n) is 4.44. The summed E-state index contributed by atoms with van der Waals surface area (Å²) in [4.78, 5) is 12.0. The summed E-state index contributed by atoms with van der Waals surface area (Å²) >= 11 is 0.992. The molecule has 2 aromatic rings. The summed E-state index contributed by atoms with van der Waals surface area (Å²) in [6.45, 7) is 4.36. The van der Waals surface area contributed by atoms with Crippen LogP contribution < -0.4 is 9.80 Å². The van der Waals surface area contributed by atoms with Gasteiger partial charge < -0.3 is 4.74 Å². The average molecular weight is 357 g/mol.